The first-order chi connectivity index (χ1) is 16.9. The third-order valence-electron chi connectivity index (χ3n) is 9.63. The quantitative estimate of drug-likeness (QED) is 0.243. The fraction of sp³-hybridized carbons (Fsp3) is 0.424. The molecule has 2 nitrogen and oxygen atoms in total. The van der Waals surface area contributed by atoms with Crippen LogP contribution in [-0.4, -0.2) is 0 Å². The summed E-state index contributed by atoms with van der Waals surface area (Å²) < 4.78 is 9.10. The topological polar surface area (TPSA) is 13.1 Å². The number of pyridine rings is 1. The number of nitrogens with zero attached hydrogens (tertiary/aromatic N) is 1. The Morgan fingerprint density at radius 3 is 2.40 bits per heavy atom. The molecular weight excluding hydrogens is 426 g/mol. The number of hydrogen-bond acceptors (Lipinski definition) is 1. The Morgan fingerprint density at radius 2 is 1.69 bits per heavy atom. The Labute approximate surface area is 209 Å². The van der Waals surface area contributed by atoms with Gasteiger partial charge in [-0.1, -0.05) is 51.0 Å². The lowest BCUT2D eigenvalue weighted by Crippen LogP contribution is -2.34. The molecule has 0 unspecified atom stereocenters. The summed E-state index contributed by atoms with van der Waals surface area (Å²) in [5.41, 5.74) is 9.83. The maximum Gasteiger partial charge on any atom is 0.256 e. The SMILES string of the molecule is CCC1(CC)CCC(c2cccc3c2cc2c([n+]3C)-c3c(C)c(C)cc4cc(C)cc(c34)O2)CC1. The van der Waals surface area contributed by atoms with E-state index in [-0.39, 0.29) is 0 Å². The van der Waals surface area contributed by atoms with Gasteiger partial charge in [-0.15, -0.1) is 0 Å². The van der Waals surface area contributed by atoms with Gasteiger partial charge in [0.15, 0.2) is 5.75 Å². The molecule has 4 aromatic rings. The van der Waals surface area contributed by atoms with Crippen molar-refractivity contribution >= 4 is 21.7 Å². The summed E-state index contributed by atoms with van der Waals surface area (Å²) >= 11 is 0. The van der Waals surface area contributed by atoms with E-state index in [9.17, 15) is 0 Å². The molecule has 0 spiro atoms. The molecule has 0 bridgehead atoms. The van der Waals surface area contributed by atoms with Gasteiger partial charge in [0.25, 0.3) is 5.69 Å². The van der Waals surface area contributed by atoms with Crippen molar-refractivity contribution in [2.24, 2.45) is 12.5 Å². The highest BCUT2D eigenvalue weighted by Crippen LogP contribution is 2.51. The molecule has 0 amide bonds. The Hall–Kier alpha value is -2.87. The molecule has 2 aliphatic rings. The third kappa shape index (κ3) is 3.33. The van der Waals surface area contributed by atoms with Crippen LogP contribution in [0.25, 0.3) is 32.9 Å². The summed E-state index contributed by atoms with van der Waals surface area (Å²) in [6.45, 7) is 11.4. The summed E-state index contributed by atoms with van der Waals surface area (Å²) in [6, 6.07) is 16.1. The third-order valence-corrected chi connectivity index (χ3v) is 9.63. The maximum absolute atomic E-state index is 6.70. The van der Waals surface area contributed by atoms with Gasteiger partial charge in [-0.05, 0) is 91.5 Å². The van der Waals surface area contributed by atoms with Crippen molar-refractivity contribution in [2.75, 3.05) is 0 Å². The fourth-order valence-corrected chi connectivity index (χ4v) is 7.11. The number of rotatable bonds is 3. The summed E-state index contributed by atoms with van der Waals surface area (Å²) in [7, 11) is 2.22. The van der Waals surface area contributed by atoms with Crippen molar-refractivity contribution in [3.8, 4) is 22.8 Å². The van der Waals surface area contributed by atoms with E-state index >= 15 is 0 Å². The number of fused-ring (bicyclic) bond motifs is 3. The van der Waals surface area contributed by atoms with Crippen LogP contribution in [0.2, 0.25) is 0 Å². The minimum absolute atomic E-state index is 0.559. The average molecular weight is 465 g/mol. The highest BCUT2D eigenvalue weighted by atomic mass is 16.5. The Balaban J connectivity index is 1.55. The van der Waals surface area contributed by atoms with Gasteiger partial charge >= 0.3 is 0 Å². The van der Waals surface area contributed by atoms with Crippen molar-refractivity contribution in [1.82, 2.24) is 0 Å². The van der Waals surface area contributed by atoms with Crippen LogP contribution in [0.3, 0.4) is 0 Å². The van der Waals surface area contributed by atoms with Crippen LogP contribution in [0.5, 0.6) is 11.5 Å². The first-order valence-electron chi connectivity index (χ1n) is 13.5. The molecule has 6 rings (SSSR count). The van der Waals surface area contributed by atoms with E-state index in [1.165, 1.54) is 93.7 Å². The van der Waals surface area contributed by atoms with E-state index < -0.39 is 0 Å². The number of aromatic nitrogens is 1. The molecular formula is C33H38NO+. The van der Waals surface area contributed by atoms with Crippen LogP contribution in [0.4, 0.5) is 0 Å². The molecule has 1 aliphatic heterocycles. The van der Waals surface area contributed by atoms with Crippen molar-refractivity contribution in [2.45, 2.75) is 79.1 Å². The van der Waals surface area contributed by atoms with Crippen LogP contribution in [0, 0.1) is 26.2 Å². The fourth-order valence-electron chi connectivity index (χ4n) is 7.11. The predicted molar refractivity (Wildman–Crippen MR) is 147 cm³/mol. The van der Waals surface area contributed by atoms with Gasteiger partial charge in [-0.25, -0.2) is 0 Å². The van der Waals surface area contributed by atoms with Gasteiger partial charge in [0.1, 0.15) is 12.8 Å². The molecule has 180 valence electrons. The lowest BCUT2D eigenvalue weighted by atomic mass is 9.66. The summed E-state index contributed by atoms with van der Waals surface area (Å²) in [6.07, 6.45) is 7.91. The maximum atomic E-state index is 6.70. The van der Waals surface area contributed by atoms with E-state index in [0.717, 1.165) is 11.5 Å². The van der Waals surface area contributed by atoms with Crippen LogP contribution >= 0.6 is 0 Å². The van der Waals surface area contributed by atoms with Gasteiger partial charge in [-0.2, -0.15) is 4.57 Å². The van der Waals surface area contributed by atoms with E-state index in [1.807, 2.05) is 0 Å². The predicted octanol–water partition coefficient (Wildman–Crippen LogP) is 8.98. The van der Waals surface area contributed by atoms with Crippen LogP contribution in [0.15, 0.2) is 42.5 Å². The van der Waals surface area contributed by atoms with E-state index in [2.05, 4.69) is 88.7 Å². The zero-order valence-electron chi connectivity index (χ0n) is 22.2. The number of aryl methyl sites for hydroxylation is 3. The number of hydrogen-bond donors (Lipinski definition) is 0. The molecule has 1 fully saturated rings. The molecule has 2 heteroatoms. The summed E-state index contributed by atoms with van der Waals surface area (Å²) in [5, 5.41) is 3.88. The van der Waals surface area contributed by atoms with E-state index in [1.54, 1.807) is 0 Å². The van der Waals surface area contributed by atoms with Crippen LogP contribution < -0.4 is 9.30 Å². The summed E-state index contributed by atoms with van der Waals surface area (Å²) in [4.78, 5) is 0. The lowest BCUT2D eigenvalue weighted by molar-refractivity contribution is -0.633. The smallest absolute Gasteiger partial charge is 0.256 e. The lowest BCUT2D eigenvalue weighted by Gasteiger charge is -2.39. The van der Waals surface area contributed by atoms with Crippen LogP contribution in [0.1, 0.15) is 80.5 Å². The average Bonchev–Trinajstić information content (AvgIpc) is 2.86. The van der Waals surface area contributed by atoms with Crippen molar-refractivity contribution in [1.29, 1.82) is 0 Å². The highest BCUT2D eigenvalue weighted by Gasteiger charge is 2.35. The first kappa shape index (κ1) is 22.6. The highest BCUT2D eigenvalue weighted by molar-refractivity contribution is 6.05. The second-order valence-corrected chi connectivity index (χ2v) is 11.3. The largest absolute Gasteiger partial charge is 0.450 e. The zero-order chi connectivity index (χ0) is 24.5. The van der Waals surface area contributed by atoms with Crippen molar-refractivity contribution in [3.05, 3.63) is 64.7 Å². The molecule has 1 aliphatic carbocycles. The summed E-state index contributed by atoms with van der Waals surface area (Å²) in [5.74, 6) is 2.62. The van der Waals surface area contributed by atoms with Gasteiger partial charge in [0.2, 0.25) is 5.52 Å². The molecule has 0 atom stereocenters. The number of ether oxygens (including phenoxy) is 1. The molecule has 0 radical (unpaired) electrons. The normalized spacial score (nSPS) is 17.0. The van der Waals surface area contributed by atoms with Gasteiger partial charge in [-0.3, -0.25) is 0 Å². The molecule has 1 saturated carbocycles. The molecule has 0 N–H and O–H groups in total. The van der Waals surface area contributed by atoms with Gasteiger partial charge < -0.3 is 4.74 Å². The monoisotopic (exact) mass is 464 g/mol. The second-order valence-electron chi connectivity index (χ2n) is 11.3. The van der Waals surface area contributed by atoms with Crippen molar-refractivity contribution in [3.63, 3.8) is 0 Å². The second kappa shape index (κ2) is 8.08. The van der Waals surface area contributed by atoms with Crippen molar-refractivity contribution < 1.29 is 9.30 Å². The Kier molecular flexibility index (Phi) is 5.22. The molecule has 2 heterocycles. The molecule has 35 heavy (non-hydrogen) atoms. The van der Waals surface area contributed by atoms with Gasteiger partial charge in [0.05, 0.1) is 10.9 Å². The first-order valence-corrected chi connectivity index (χ1v) is 13.5. The molecule has 1 aromatic heterocycles. The molecule has 3 aromatic carbocycles. The molecule has 0 saturated heterocycles. The zero-order valence-corrected chi connectivity index (χ0v) is 22.2. The minimum atomic E-state index is 0.559. The number of benzene rings is 3. The Morgan fingerprint density at radius 1 is 0.943 bits per heavy atom. The van der Waals surface area contributed by atoms with Crippen LogP contribution in [-0.2, 0) is 7.05 Å². The van der Waals surface area contributed by atoms with E-state index in [0.29, 0.717) is 11.3 Å². The Bertz CT molecular complexity index is 1480. The van der Waals surface area contributed by atoms with Gasteiger partial charge in [0, 0.05) is 17.5 Å². The van der Waals surface area contributed by atoms with E-state index in [4.69, 9.17) is 4.74 Å². The minimum Gasteiger partial charge on any atom is -0.450 e. The standard InChI is InChI=1S/C33H38NO/c1-7-33(8-2)14-12-23(13-15-33)25-10-9-11-27-26(25)19-29-32(34(27)6)30-22(5)21(4)18-24-16-20(3)17-28(35-29)31(24)30/h9-11,16-19,23H,7-8,12-15H2,1-6H3/q+1.